The van der Waals surface area contributed by atoms with Gasteiger partial charge in [-0.25, -0.2) is 19.2 Å². The molecule has 0 saturated carbocycles. The molecule has 1 aliphatic rings. The molecule has 11 heteroatoms. The minimum absolute atomic E-state index is 0.0178. The van der Waals surface area contributed by atoms with Gasteiger partial charge in [0.15, 0.2) is 0 Å². The van der Waals surface area contributed by atoms with E-state index in [0.29, 0.717) is 5.56 Å². The first-order chi connectivity index (χ1) is 22.0. The number of carbonyl (C=O) groups excluding carboxylic acids is 4. The van der Waals surface area contributed by atoms with Gasteiger partial charge in [0.2, 0.25) is 0 Å². The van der Waals surface area contributed by atoms with Gasteiger partial charge in [-0.15, -0.1) is 0 Å². The monoisotopic (exact) mass is 649 g/mol. The molecule has 0 bridgehead atoms. The van der Waals surface area contributed by atoms with E-state index in [-0.39, 0.29) is 24.7 Å². The SMILES string of the molecule is COC(=O)[C@H](Cc1ccc(OC(F)(C(=O)OC(C)(C)C)C(=O)OC(C)(C)C)cc1)NC(=O)OCC1c2ccccc2-c2ccccc21. The number of benzene rings is 3. The summed E-state index contributed by atoms with van der Waals surface area (Å²) in [5.74, 6) is -7.80. The van der Waals surface area contributed by atoms with Crippen LogP contribution in [0.4, 0.5) is 9.18 Å². The largest absolute Gasteiger partial charge is 0.467 e. The molecule has 0 saturated heterocycles. The fourth-order valence-electron chi connectivity index (χ4n) is 5.06. The van der Waals surface area contributed by atoms with E-state index in [9.17, 15) is 19.2 Å². The summed E-state index contributed by atoms with van der Waals surface area (Å²) in [7, 11) is 1.19. The molecule has 10 nitrogen and oxygen atoms in total. The second-order valence-corrected chi connectivity index (χ2v) is 13.1. The number of alkyl halides is 1. The number of ether oxygens (including phenoxy) is 5. The minimum Gasteiger partial charge on any atom is -0.467 e. The van der Waals surface area contributed by atoms with E-state index in [2.05, 4.69) is 5.32 Å². The Balaban J connectivity index is 1.44. The van der Waals surface area contributed by atoms with Crippen molar-refractivity contribution in [3.05, 3.63) is 89.5 Å². The highest BCUT2D eigenvalue weighted by Crippen LogP contribution is 2.44. The summed E-state index contributed by atoms with van der Waals surface area (Å²) in [5.41, 5.74) is 2.54. The van der Waals surface area contributed by atoms with E-state index in [1.165, 1.54) is 72.9 Å². The highest BCUT2D eigenvalue weighted by atomic mass is 19.2. The lowest BCUT2D eigenvalue weighted by Crippen LogP contribution is -2.53. The van der Waals surface area contributed by atoms with Crippen molar-refractivity contribution in [2.45, 2.75) is 77.0 Å². The average molecular weight is 650 g/mol. The van der Waals surface area contributed by atoms with Crippen molar-refractivity contribution in [3.8, 4) is 16.9 Å². The Labute approximate surface area is 273 Å². The normalized spacial score (nSPS) is 13.4. The summed E-state index contributed by atoms with van der Waals surface area (Å²) in [4.78, 5) is 51.0. The van der Waals surface area contributed by atoms with Gasteiger partial charge in [-0.1, -0.05) is 60.7 Å². The number of carbonyl (C=O) groups is 4. The van der Waals surface area contributed by atoms with E-state index >= 15 is 4.39 Å². The van der Waals surface area contributed by atoms with Crippen molar-refractivity contribution in [1.29, 1.82) is 0 Å². The number of esters is 3. The molecule has 0 aromatic heterocycles. The van der Waals surface area contributed by atoms with E-state index < -0.39 is 47.1 Å². The minimum atomic E-state index is -3.59. The van der Waals surface area contributed by atoms with Gasteiger partial charge in [-0.2, -0.15) is 4.39 Å². The average Bonchev–Trinajstić information content (AvgIpc) is 3.32. The Hall–Kier alpha value is -4.93. The molecule has 0 unspecified atom stereocenters. The molecule has 4 rings (SSSR count). The van der Waals surface area contributed by atoms with Gasteiger partial charge in [-0.05, 0) is 81.5 Å². The van der Waals surface area contributed by atoms with Crippen LogP contribution in [0.5, 0.6) is 5.75 Å². The standard InChI is InChI=1S/C36H40FNO9/c1-34(2,3)46-31(40)36(37,32(41)47-35(4,5)6)45-23-18-16-22(17-19-23)20-29(30(39)43-7)38-33(42)44-21-28-26-14-10-8-12-24(26)25-13-9-11-15-27(25)28/h8-19,28-29H,20-21H2,1-7H3,(H,38,42)/t29-/m0/s1. The van der Waals surface area contributed by atoms with Crippen LogP contribution >= 0.6 is 0 Å². The predicted molar refractivity (Wildman–Crippen MR) is 170 cm³/mol. The van der Waals surface area contributed by atoms with Gasteiger partial charge in [0.05, 0.1) is 7.11 Å². The van der Waals surface area contributed by atoms with E-state index in [4.69, 9.17) is 23.7 Å². The fraction of sp³-hybridized carbons (Fsp3) is 0.389. The van der Waals surface area contributed by atoms with Gasteiger partial charge in [0.25, 0.3) is 0 Å². The van der Waals surface area contributed by atoms with Crippen LogP contribution < -0.4 is 10.1 Å². The first-order valence-electron chi connectivity index (χ1n) is 15.1. The molecule has 0 aliphatic heterocycles. The third kappa shape index (κ3) is 8.66. The van der Waals surface area contributed by atoms with Crippen molar-refractivity contribution in [1.82, 2.24) is 5.32 Å². The van der Waals surface area contributed by atoms with E-state index in [1.54, 1.807) is 0 Å². The highest BCUT2D eigenvalue weighted by Gasteiger charge is 2.55. The Morgan fingerprint density at radius 3 is 1.72 bits per heavy atom. The van der Waals surface area contributed by atoms with Crippen LogP contribution in [0.2, 0.25) is 0 Å². The Kier molecular flexibility index (Phi) is 10.3. The third-order valence-corrected chi connectivity index (χ3v) is 7.07. The number of methoxy groups -OCH3 is 1. The molecule has 1 amide bonds. The van der Waals surface area contributed by atoms with Crippen LogP contribution in [-0.2, 0) is 39.8 Å². The number of fused-ring (bicyclic) bond motifs is 3. The second kappa shape index (κ2) is 13.8. The van der Waals surface area contributed by atoms with Crippen LogP contribution in [0, 0.1) is 0 Å². The maximum atomic E-state index is 16.0. The zero-order valence-electron chi connectivity index (χ0n) is 27.5. The Morgan fingerprint density at radius 2 is 1.26 bits per heavy atom. The number of hydrogen-bond donors (Lipinski definition) is 1. The van der Waals surface area contributed by atoms with Gasteiger partial charge >= 0.3 is 29.9 Å². The summed E-state index contributed by atoms with van der Waals surface area (Å²) in [6.45, 7) is 9.16. The molecule has 1 atom stereocenters. The molecule has 0 radical (unpaired) electrons. The number of halogens is 1. The summed E-state index contributed by atoms with van der Waals surface area (Å²) >= 11 is 0. The smallest absolute Gasteiger partial charge is 0.444 e. The molecule has 3 aromatic rings. The highest BCUT2D eigenvalue weighted by molar-refractivity contribution is 6.02. The van der Waals surface area contributed by atoms with Crippen molar-refractivity contribution >= 4 is 24.0 Å². The lowest BCUT2D eigenvalue weighted by Gasteiger charge is -2.29. The van der Waals surface area contributed by atoms with Gasteiger partial charge < -0.3 is 29.0 Å². The zero-order valence-corrected chi connectivity index (χ0v) is 27.5. The number of rotatable bonds is 10. The molecule has 47 heavy (non-hydrogen) atoms. The lowest BCUT2D eigenvalue weighted by atomic mass is 9.98. The molecule has 3 aromatic carbocycles. The van der Waals surface area contributed by atoms with Crippen molar-refractivity contribution in [3.63, 3.8) is 0 Å². The maximum absolute atomic E-state index is 16.0. The number of alkyl carbamates (subject to hydrolysis) is 1. The van der Waals surface area contributed by atoms with Crippen LogP contribution in [0.15, 0.2) is 72.8 Å². The molecule has 1 aliphatic carbocycles. The number of hydrogen-bond acceptors (Lipinski definition) is 9. The molecule has 0 fully saturated rings. The molecule has 250 valence electrons. The molecular weight excluding hydrogens is 609 g/mol. The number of nitrogens with one attached hydrogen (secondary N) is 1. The van der Waals surface area contributed by atoms with Crippen molar-refractivity contribution < 1.29 is 47.3 Å². The van der Waals surface area contributed by atoms with Crippen molar-refractivity contribution in [2.24, 2.45) is 0 Å². The third-order valence-electron chi connectivity index (χ3n) is 7.07. The summed E-state index contributed by atoms with van der Waals surface area (Å²) < 4.78 is 41.9. The fourth-order valence-corrected chi connectivity index (χ4v) is 5.06. The Bertz CT molecular complexity index is 1550. The lowest BCUT2D eigenvalue weighted by molar-refractivity contribution is -0.211. The predicted octanol–water partition coefficient (Wildman–Crippen LogP) is 6.04. The van der Waals surface area contributed by atoms with Crippen LogP contribution in [-0.4, -0.2) is 60.8 Å². The summed E-state index contributed by atoms with van der Waals surface area (Å²) in [6, 6.07) is 20.3. The molecule has 0 spiro atoms. The summed E-state index contributed by atoms with van der Waals surface area (Å²) in [6.07, 6.45) is -0.824. The second-order valence-electron chi connectivity index (χ2n) is 13.1. The summed E-state index contributed by atoms with van der Waals surface area (Å²) in [5, 5.41) is 2.56. The van der Waals surface area contributed by atoms with Crippen LogP contribution in [0.1, 0.15) is 64.2 Å². The quantitative estimate of drug-likeness (QED) is 0.159. The molecular formula is C36H40FNO9. The molecule has 1 N–H and O–H groups in total. The first-order valence-corrected chi connectivity index (χ1v) is 15.1. The Morgan fingerprint density at radius 1 is 0.766 bits per heavy atom. The van der Waals surface area contributed by atoms with Crippen LogP contribution in [0.25, 0.3) is 11.1 Å². The van der Waals surface area contributed by atoms with Crippen LogP contribution in [0.3, 0.4) is 0 Å². The number of amides is 1. The topological polar surface area (TPSA) is 126 Å². The van der Waals surface area contributed by atoms with E-state index in [1.807, 2.05) is 48.5 Å². The van der Waals surface area contributed by atoms with Gasteiger partial charge in [0.1, 0.15) is 29.6 Å². The van der Waals surface area contributed by atoms with Gasteiger partial charge in [-0.3, -0.25) is 0 Å². The zero-order chi connectivity index (χ0) is 34.6. The van der Waals surface area contributed by atoms with Gasteiger partial charge in [0, 0.05) is 12.3 Å². The first kappa shape index (κ1) is 34.9. The van der Waals surface area contributed by atoms with E-state index in [0.717, 1.165) is 22.3 Å². The van der Waals surface area contributed by atoms with Crippen molar-refractivity contribution in [2.75, 3.05) is 13.7 Å². The molecule has 0 heterocycles. The maximum Gasteiger partial charge on any atom is 0.444 e.